The van der Waals surface area contributed by atoms with Crippen molar-refractivity contribution in [2.75, 3.05) is 5.32 Å². The number of imidazole rings is 2. The number of anilines is 2. The number of nitrogens with one attached hydrogen (secondary N) is 1. The molecule has 0 spiro atoms. The number of aromatic nitrogens is 4. The quantitative estimate of drug-likeness (QED) is 0.557. The summed E-state index contributed by atoms with van der Waals surface area (Å²) in [5, 5.41) is 3.65. The molecule has 5 heteroatoms. The second kappa shape index (κ2) is 6.76. The van der Waals surface area contributed by atoms with Crippen LogP contribution < -0.4 is 14.5 Å². The van der Waals surface area contributed by atoms with Gasteiger partial charge in [-0.3, -0.25) is 0 Å². The lowest BCUT2D eigenvalue weighted by Gasteiger charge is -2.13. The van der Waals surface area contributed by atoms with E-state index in [9.17, 15) is 0 Å². The Hall–Kier alpha value is -3.34. The molecule has 0 saturated carbocycles. The van der Waals surface area contributed by atoms with Gasteiger partial charge in [0.05, 0.1) is 25.5 Å². The van der Waals surface area contributed by atoms with Gasteiger partial charge < -0.3 is 5.32 Å². The molecular weight excluding hydrogens is 334 g/mol. The summed E-state index contributed by atoms with van der Waals surface area (Å²) in [4.78, 5) is 0. The minimum Gasteiger partial charge on any atom is -0.349 e. The van der Waals surface area contributed by atoms with E-state index in [-0.39, 0.29) is 0 Å². The number of hydrogen-bond donors (Lipinski definition) is 1. The molecule has 4 rings (SSSR count). The van der Waals surface area contributed by atoms with Gasteiger partial charge in [-0.05, 0) is 49.2 Å². The average molecular weight is 359 g/mol. The van der Waals surface area contributed by atoms with Crippen LogP contribution in [0.5, 0.6) is 0 Å². The molecule has 0 unspecified atom stereocenters. The molecule has 2 heterocycles. The van der Waals surface area contributed by atoms with E-state index in [1.54, 1.807) is 0 Å². The van der Waals surface area contributed by atoms with Crippen LogP contribution in [0.4, 0.5) is 11.4 Å². The Balaban J connectivity index is 1.80. The molecule has 2 aromatic carbocycles. The van der Waals surface area contributed by atoms with E-state index in [0.29, 0.717) is 0 Å². The Labute approximate surface area is 159 Å². The third-order valence-electron chi connectivity index (χ3n) is 4.67. The first-order valence-corrected chi connectivity index (χ1v) is 9.05. The predicted octanol–water partition coefficient (Wildman–Crippen LogP) is 3.28. The molecule has 0 amide bonds. The van der Waals surface area contributed by atoms with Crippen molar-refractivity contribution in [1.82, 2.24) is 9.13 Å². The highest BCUT2D eigenvalue weighted by Crippen LogP contribution is 2.29. The molecule has 0 aliphatic carbocycles. The van der Waals surface area contributed by atoms with Crippen LogP contribution >= 0.6 is 0 Å². The normalized spacial score (nSPS) is 11.0. The fourth-order valence-electron chi connectivity index (χ4n) is 3.25. The minimum atomic E-state index is 1.07. The third-order valence-corrected chi connectivity index (χ3v) is 4.67. The lowest BCUT2D eigenvalue weighted by molar-refractivity contribution is -0.670. The Morgan fingerprint density at radius 2 is 1.15 bits per heavy atom. The van der Waals surface area contributed by atoms with Crippen LogP contribution in [0.2, 0.25) is 0 Å². The van der Waals surface area contributed by atoms with Gasteiger partial charge in [-0.1, -0.05) is 12.1 Å². The molecule has 0 aliphatic heterocycles. The zero-order valence-electron chi connectivity index (χ0n) is 16.2. The molecule has 0 radical (unpaired) electrons. The first-order chi connectivity index (χ1) is 13.0. The minimum absolute atomic E-state index is 1.07. The maximum absolute atomic E-state index is 3.65. The monoisotopic (exact) mass is 359 g/mol. The summed E-state index contributed by atoms with van der Waals surface area (Å²) in [6, 6.07) is 13.0. The van der Waals surface area contributed by atoms with Crippen LogP contribution in [0.1, 0.15) is 11.1 Å². The van der Waals surface area contributed by atoms with Gasteiger partial charge in [0.2, 0.25) is 12.7 Å². The molecule has 0 aliphatic rings. The highest BCUT2D eigenvalue weighted by atomic mass is 15.1. The summed E-state index contributed by atoms with van der Waals surface area (Å²) < 4.78 is 8.37. The molecule has 27 heavy (non-hydrogen) atoms. The second-order valence-corrected chi connectivity index (χ2v) is 7.14. The first-order valence-electron chi connectivity index (χ1n) is 9.05. The van der Waals surface area contributed by atoms with Crippen LogP contribution in [0.25, 0.3) is 11.4 Å². The van der Waals surface area contributed by atoms with Crippen LogP contribution in [-0.2, 0) is 14.1 Å². The van der Waals surface area contributed by atoms with Crippen LogP contribution in [-0.4, -0.2) is 9.13 Å². The van der Waals surface area contributed by atoms with Crippen molar-refractivity contribution in [2.24, 2.45) is 14.1 Å². The van der Waals surface area contributed by atoms with Crippen molar-refractivity contribution in [2.45, 2.75) is 13.8 Å². The van der Waals surface area contributed by atoms with E-state index in [1.165, 1.54) is 11.1 Å². The highest BCUT2D eigenvalue weighted by molar-refractivity contribution is 5.75. The molecule has 0 bridgehead atoms. The summed E-state index contributed by atoms with van der Waals surface area (Å²) >= 11 is 0. The molecule has 5 nitrogen and oxygen atoms in total. The molecule has 0 saturated heterocycles. The highest BCUT2D eigenvalue weighted by Gasteiger charge is 2.15. The topological polar surface area (TPSA) is 29.6 Å². The van der Waals surface area contributed by atoms with Crippen molar-refractivity contribution >= 4 is 11.4 Å². The number of rotatable bonds is 4. The van der Waals surface area contributed by atoms with E-state index in [0.717, 1.165) is 22.7 Å². The standard InChI is InChI=1S/C22H25N5/c1-17-5-7-19(21(13-17)26-11-9-24(3)15-26)23-20-8-6-18(2)14-22(20)27-12-10-25(4)16-27/h5-16,23H,1-4H3/q+2. The number of aryl methyl sites for hydroxylation is 4. The molecule has 2 aromatic heterocycles. The van der Waals surface area contributed by atoms with Crippen molar-refractivity contribution in [3.05, 3.63) is 85.0 Å². The zero-order valence-corrected chi connectivity index (χ0v) is 16.2. The van der Waals surface area contributed by atoms with Crippen LogP contribution in [0.3, 0.4) is 0 Å². The summed E-state index contributed by atoms with van der Waals surface area (Å²) in [5.41, 5.74) is 6.85. The summed E-state index contributed by atoms with van der Waals surface area (Å²) in [5.74, 6) is 0. The van der Waals surface area contributed by atoms with Gasteiger partial charge in [0.15, 0.2) is 11.4 Å². The zero-order chi connectivity index (χ0) is 19.0. The van der Waals surface area contributed by atoms with Gasteiger partial charge in [0.1, 0.15) is 24.8 Å². The van der Waals surface area contributed by atoms with Crippen molar-refractivity contribution in [3.63, 3.8) is 0 Å². The van der Waals surface area contributed by atoms with Gasteiger partial charge in [0, 0.05) is 0 Å². The fourth-order valence-corrected chi connectivity index (χ4v) is 3.25. The molecule has 136 valence electrons. The van der Waals surface area contributed by atoms with E-state index < -0.39 is 0 Å². The van der Waals surface area contributed by atoms with Crippen molar-refractivity contribution < 1.29 is 9.13 Å². The molecule has 0 atom stereocenters. The third kappa shape index (κ3) is 3.49. The van der Waals surface area contributed by atoms with E-state index in [4.69, 9.17) is 0 Å². The van der Waals surface area contributed by atoms with Crippen molar-refractivity contribution in [3.8, 4) is 11.4 Å². The Morgan fingerprint density at radius 1 is 0.704 bits per heavy atom. The predicted molar refractivity (Wildman–Crippen MR) is 107 cm³/mol. The SMILES string of the molecule is Cc1ccc(Nc2ccc(C)cc2-n2cc[n+](C)c2)c(-n2cc[n+](C)c2)c1. The van der Waals surface area contributed by atoms with E-state index in [2.05, 4.69) is 89.7 Å². The molecule has 0 fully saturated rings. The van der Waals surface area contributed by atoms with Gasteiger partial charge in [0.25, 0.3) is 0 Å². The summed E-state index contributed by atoms with van der Waals surface area (Å²) in [6.07, 6.45) is 12.4. The smallest absolute Gasteiger partial charge is 0.248 e. The number of benzene rings is 2. The van der Waals surface area contributed by atoms with Gasteiger partial charge >= 0.3 is 0 Å². The second-order valence-electron chi connectivity index (χ2n) is 7.14. The molecule has 1 N–H and O–H groups in total. The van der Waals surface area contributed by atoms with Gasteiger partial charge in [-0.15, -0.1) is 0 Å². The largest absolute Gasteiger partial charge is 0.349 e. The van der Waals surface area contributed by atoms with Crippen LogP contribution in [0, 0.1) is 13.8 Å². The maximum Gasteiger partial charge on any atom is 0.248 e. The Morgan fingerprint density at radius 3 is 1.52 bits per heavy atom. The first kappa shape index (κ1) is 17.1. The van der Waals surface area contributed by atoms with Crippen molar-refractivity contribution in [1.29, 1.82) is 0 Å². The summed E-state index contributed by atoms with van der Waals surface area (Å²) in [6.45, 7) is 4.24. The van der Waals surface area contributed by atoms with Gasteiger partial charge in [-0.2, -0.15) is 0 Å². The maximum atomic E-state index is 3.65. The fraction of sp³-hybridized carbons (Fsp3) is 0.182. The number of nitrogens with zero attached hydrogens (tertiary/aromatic N) is 4. The molecular formula is C22H25N5+2. The molecule has 4 aromatic rings. The lowest BCUT2D eigenvalue weighted by atomic mass is 10.1. The lowest BCUT2D eigenvalue weighted by Crippen LogP contribution is -2.23. The number of hydrogen-bond acceptors (Lipinski definition) is 1. The summed E-state index contributed by atoms with van der Waals surface area (Å²) in [7, 11) is 4.06. The average Bonchev–Trinajstić information content (AvgIpc) is 3.26. The van der Waals surface area contributed by atoms with Crippen LogP contribution in [0.15, 0.2) is 73.8 Å². The van der Waals surface area contributed by atoms with Gasteiger partial charge in [-0.25, -0.2) is 18.3 Å². The van der Waals surface area contributed by atoms with E-state index >= 15 is 0 Å². The Kier molecular flexibility index (Phi) is 4.28. The Bertz CT molecular complexity index is 1020. The van der Waals surface area contributed by atoms with E-state index in [1.807, 2.05) is 35.6 Å².